The monoisotopic (exact) mass is 409 g/mol. The average molecular weight is 410 g/mol. The summed E-state index contributed by atoms with van der Waals surface area (Å²) in [7, 11) is -3.73. The van der Waals surface area contributed by atoms with Crippen LogP contribution < -0.4 is 4.74 Å². The van der Waals surface area contributed by atoms with Crippen molar-refractivity contribution in [1.82, 2.24) is 4.31 Å². The van der Waals surface area contributed by atoms with Gasteiger partial charge in [0.05, 0.1) is 22.7 Å². The Hall–Kier alpha value is -1.93. The SMILES string of the molecule is CC1CN(S(=O)(=O)c2cccc(C(=O)Oc3ccc(Cl)cc3)c2)CC(C)O1. The topological polar surface area (TPSA) is 72.9 Å². The molecule has 144 valence electrons. The number of hydrogen-bond donors (Lipinski definition) is 0. The third-order valence-electron chi connectivity index (χ3n) is 4.12. The fraction of sp³-hybridized carbons (Fsp3) is 0.316. The van der Waals surface area contributed by atoms with Gasteiger partial charge >= 0.3 is 5.97 Å². The zero-order valence-electron chi connectivity index (χ0n) is 15.0. The zero-order valence-corrected chi connectivity index (χ0v) is 16.5. The van der Waals surface area contributed by atoms with Crippen molar-refractivity contribution in [2.75, 3.05) is 13.1 Å². The van der Waals surface area contributed by atoms with Crippen molar-refractivity contribution in [1.29, 1.82) is 0 Å². The van der Waals surface area contributed by atoms with E-state index >= 15 is 0 Å². The molecule has 8 heteroatoms. The Balaban J connectivity index is 1.82. The van der Waals surface area contributed by atoms with E-state index in [-0.39, 0.29) is 35.8 Å². The third kappa shape index (κ3) is 4.68. The lowest BCUT2D eigenvalue weighted by molar-refractivity contribution is -0.0440. The number of ether oxygens (including phenoxy) is 2. The van der Waals surface area contributed by atoms with Crippen LogP contribution in [0.15, 0.2) is 53.4 Å². The third-order valence-corrected chi connectivity index (χ3v) is 6.20. The normalized spacial score (nSPS) is 21.0. The smallest absolute Gasteiger partial charge is 0.343 e. The van der Waals surface area contributed by atoms with Gasteiger partial charge in [-0.1, -0.05) is 17.7 Å². The molecule has 0 radical (unpaired) electrons. The number of benzene rings is 2. The quantitative estimate of drug-likeness (QED) is 0.572. The summed E-state index contributed by atoms with van der Waals surface area (Å²) in [5.74, 6) is -0.313. The lowest BCUT2D eigenvalue weighted by Crippen LogP contribution is -2.48. The highest BCUT2D eigenvalue weighted by Crippen LogP contribution is 2.23. The minimum atomic E-state index is -3.73. The van der Waals surface area contributed by atoms with Gasteiger partial charge in [-0.2, -0.15) is 4.31 Å². The first-order valence-corrected chi connectivity index (χ1v) is 10.3. The highest BCUT2D eigenvalue weighted by molar-refractivity contribution is 7.89. The highest BCUT2D eigenvalue weighted by Gasteiger charge is 2.32. The molecule has 2 atom stereocenters. The van der Waals surface area contributed by atoms with E-state index in [0.29, 0.717) is 10.8 Å². The number of hydrogen-bond acceptors (Lipinski definition) is 5. The number of morpholine rings is 1. The summed E-state index contributed by atoms with van der Waals surface area (Å²) < 4.78 is 38.2. The molecule has 0 saturated carbocycles. The van der Waals surface area contributed by atoms with Crippen molar-refractivity contribution >= 4 is 27.6 Å². The first kappa shape index (κ1) is 19.8. The molecule has 0 spiro atoms. The van der Waals surface area contributed by atoms with Crippen molar-refractivity contribution in [2.24, 2.45) is 0 Å². The lowest BCUT2D eigenvalue weighted by Gasteiger charge is -2.34. The largest absolute Gasteiger partial charge is 0.423 e. The van der Waals surface area contributed by atoms with E-state index in [1.165, 1.54) is 28.6 Å². The molecule has 6 nitrogen and oxygen atoms in total. The molecule has 0 amide bonds. The van der Waals surface area contributed by atoms with Gasteiger partial charge in [0.2, 0.25) is 10.0 Å². The predicted molar refractivity (Wildman–Crippen MR) is 102 cm³/mol. The van der Waals surface area contributed by atoms with Crippen LogP contribution in [0.2, 0.25) is 5.02 Å². The van der Waals surface area contributed by atoms with Crippen molar-refractivity contribution in [3.05, 3.63) is 59.1 Å². The van der Waals surface area contributed by atoms with Gasteiger partial charge in [-0.05, 0) is 56.3 Å². The molecular formula is C19H20ClNO5S. The molecule has 27 heavy (non-hydrogen) atoms. The maximum absolute atomic E-state index is 13.0. The van der Waals surface area contributed by atoms with Gasteiger partial charge in [-0.15, -0.1) is 0 Å². The summed E-state index contributed by atoms with van der Waals surface area (Å²) in [6.07, 6.45) is -0.386. The Labute approximate surface area is 163 Å². The lowest BCUT2D eigenvalue weighted by atomic mass is 10.2. The number of esters is 1. The van der Waals surface area contributed by atoms with Gasteiger partial charge < -0.3 is 9.47 Å². The molecule has 1 saturated heterocycles. The van der Waals surface area contributed by atoms with Gasteiger partial charge in [0.25, 0.3) is 0 Å². The maximum atomic E-state index is 13.0. The molecule has 1 fully saturated rings. The molecule has 0 N–H and O–H groups in total. The Morgan fingerprint density at radius 3 is 2.37 bits per heavy atom. The van der Waals surface area contributed by atoms with E-state index in [9.17, 15) is 13.2 Å². The van der Waals surface area contributed by atoms with Crippen LogP contribution in [0.5, 0.6) is 5.75 Å². The molecule has 1 heterocycles. The van der Waals surface area contributed by atoms with Gasteiger partial charge in [-0.3, -0.25) is 0 Å². The molecule has 1 aliphatic heterocycles. The number of carbonyl (C=O) groups is 1. The minimum Gasteiger partial charge on any atom is -0.423 e. The summed E-state index contributed by atoms with van der Waals surface area (Å²) in [5, 5.41) is 0.525. The molecule has 0 aliphatic carbocycles. The van der Waals surface area contributed by atoms with Crippen LogP contribution in [-0.2, 0) is 14.8 Å². The van der Waals surface area contributed by atoms with E-state index < -0.39 is 16.0 Å². The highest BCUT2D eigenvalue weighted by atomic mass is 35.5. The summed E-state index contributed by atoms with van der Waals surface area (Å²) in [4.78, 5) is 12.4. The average Bonchev–Trinajstić information content (AvgIpc) is 2.63. The maximum Gasteiger partial charge on any atom is 0.343 e. The van der Waals surface area contributed by atoms with Gasteiger partial charge in [0.1, 0.15) is 5.75 Å². The summed E-state index contributed by atoms with van der Waals surface area (Å²) in [6, 6.07) is 12.2. The molecule has 0 bridgehead atoms. The van der Waals surface area contributed by atoms with Crippen LogP contribution in [-0.4, -0.2) is 44.0 Å². The van der Waals surface area contributed by atoms with Crippen LogP contribution in [0.1, 0.15) is 24.2 Å². The number of nitrogens with zero attached hydrogens (tertiary/aromatic N) is 1. The van der Waals surface area contributed by atoms with E-state index in [2.05, 4.69) is 0 Å². The van der Waals surface area contributed by atoms with E-state index in [0.717, 1.165) is 0 Å². The Bertz CT molecular complexity index is 919. The number of halogens is 1. The number of carbonyl (C=O) groups excluding carboxylic acids is 1. The molecular weight excluding hydrogens is 390 g/mol. The first-order valence-electron chi connectivity index (χ1n) is 8.49. The standard InChI is InChI=1S/C19H20ClNO5S/c1-13-11-21(12-14(2)25-13)27(23,24)18-5-3-4-15(10-18)19(22)26-17-8-6-16(20)7-9-17/h3-10,13-14H,11-12H2,1-2H3. The molecule has 0 aromatic heterocycles. The van der Waals surface area contributed by atoms with Crippen LogP contribution in [0.3, 0.4) is 0 Å². The predicted octanol–water partition coefficient (Wildman–Crippen LogP) is 3.36. The van der Waals surface area contributed by atoms with Crippen LogP contribution in [0, 0.1) is 0 Å². The first-order chi connectivity index (χ1) is 12.8. The van der Waals surface area contributed by atoms with Crippen molar-refractivity contribution in [2.45, 2.75) is 31.0 Å². The second-order valence-corrected chi connectivity index (χ2v) is 8.82. The van der Waals surface area contributed by atoms with Gasteiger partial charge in [0.15, 0.2) is 0 Å². The fourth-order valence-corrected chi connectivity index (χ4v) is 4.69. The molecule has 2 unspecified atom stereocenters. The second kappa shape index (κ2) is 7.98. The number of rotatable bonds is 4. The van der Waals surface area contributed by atoms with Crippen molar-refractivity contribution in [3.8, 4) is 5.75 Å². The molecule has 3 rings (SSSR count). The van der Waals surface area contributed by atoms with Gasteiger partial charge in [-0.25, -0.2) is 13.2 Å². The van der Waals surface area contributed by atoms with Crippen LogP contribution >= 0.6 is 11.6 Å². The summed E-state index contributed by atoms with van der Waals surface area (Å²) in [6.45, 7) is 4.20. The Morgan fingerprint density at radius 2 is 1.74 bits per heavy atom. The Morgan fingerprint density at radius 1 is 1.11 bits per heavy atom. The fourth-order valence-electron chi connectivity index (χ4n) is 2.93. The van der Waals surface area contributed by atoms with E-state index in [1.54, 1.807) is 24.3 Å². The summed E-state index contributed by atoms with van der Waals surface area (Å²) in [5.41, 5.74) is 0.153. The summed E-state index contributed by atoms with van der Waals surface area (Å²) >= 11 is 5.81. The minimum absolute atomic E-state index is 0.0503. The van der Waals surface area contributed by atoms with Crippen molar-refractivity contribution in [3.63, 3.8) is 0 Å². The van der Waals surface area contributed by atoms with Gasteiger partial charge in [0, 0.05) is 18.1 Å². The van der Waals surface area contributed by atoms with Crippen LogP contribution in [0.4, 0.5) is 0 Å². The number of sulfonamides is 1. The van der Waals surface area contributed by atoms with Crippen molar-refractivity contribution < 1.29 is 22.7 Å². The van der Waals surface area contributed by atoms with E-state index in [1.807, 2.05) is 13.8 Å². The van der Waals surface area contributed by atoms with E-state index in [4.69, 9.17) is 21.1 Å². The zero-order chi connectivity index (χ0) is 19.6. The molecule has 2 aromatic carbocycles. The second-order valence-electron chi connectivity index (χ2n) is 6.45. The Kier molecular flexibility index (Phi) is 5.86. The molecule has 1 aliphatic rings. The van der Waals surface area contributed by atoms with Crippen LogP contribution in [0.25, 0.3) is 0 Å². The molecule has 2 aromatic rings.